The van der Waals surface area contributed by atoms with Gasteiger partial charge in [0.2, 0.25) is 0 Å². The van der Waals surface area contributed by atoms with E-state index in [-0.39, 0.29) is 12.0 Å². The van der Waals surface area contributed by atoms with Crippen LogP contribution in [0.4, 0.5) is 0 Å². The third-order valence-electron chi connectivity index (χ3n) is 4.39. The maximum atomic E-state index is 11.2. The molecule has 0 spiro atoms. The summed E-state index contributed by atoms with van der Waals surface area (Å²) in [6, 6.07) is 0. The predicted molar refractivity (Wildman–Crippen MR) is 85.8 cm³/mol. The highest BCUT2D eigenvalue weighted by molar-refractivity contribution is 5.85. The van der Waals surface area contributed by atoms with Crippen LogP contribution in [-0.2, 0) is 4.79 Å². The highest BCUT2D eigenvalue weighted by atomic mass is 16.4. The van der Waals surface area contributed by atoms with Crippen molar-refractivity contribution in [3.63, 3.8) is 0 Å². The lowest BCUT2D eigenvalue weighted by Crippen LogP contribution is -2.45. The smallest absolute Gasteiger partial charge is 0.345 e. The molecule has 0 amide bonds. The highest BCUT2D eigenvalue weighted by Gasteiger charge is 2.44. The van der Waals surface area contributed by atoms with Gasteiger partial charge < -0.3 is 10.8 Å². The largest absolute Gasteiger partial charge is 0.478 e. The maximum absolute atomic E-state index is 11.2. The molecule has 0 bridgehead atoms. The first-order valence-corrected chi connectivity index (χ1v) is 8.27. The van der Waals surface area contributed by atoms with E-state index in [1.165, 1.54) is 18.7 Å². The van der Waals surface area contributed by atoms with Crippen LogP contribution in [-0.4, -0.2) is 59.1 Å². The Morgan fingerprint density at radius 3 is 2.62 bits per heavy atom. The van der Waals surface area contributed by atoms with Crippen molar-refractivity contribution >= 4 is 11.8 Å². The number of nitrogens with two attached hydrogens (primary N) is 1. The van der Waals surface area contributed by atoms with E-state index in [0.29, 0.717) is 6.54 Å². The lowest BCUT2D eigenvalue weighted by Gasteiger charge is -2.31. The van der Waals surface area contributed by atoms with Crippen LogP contribution in [0.3, 0.4) is 0 Å². The van der Waals surface area contributed by atoms with Crippen molar-refractivity contribution in [3.05, 3.63) is 0 Å². The monoisotopic (exact) mass is 298 g/mol. The molecule has 5 nitrogen and oxygen atoms in total. The van der Waals surface area contributed by atoms with Crippen molar-refractivity contribution in [1.29, 1.82) is 0 Å². The van der Waals surface area contributed by atoms with Gasteiger partial charge in [-0.25, -0.2) is 4.79 Å². The molecule has 122 valence electrons. The highest BCUT2D eigenvalue weighted by Crippen LogP contribution is 2.34. The Kier molecular flexibility index (Phi) is 7.15. The summed E-state index contributed by atoms with van der Waals surface area (Å²) in [5.41, 5.74) is 5.81. The quantitative estimate of drug-likeness (QED) is 0.603. The molecule has 0 aromatic heterocycles. The van der Waals surface area contributed by atoms with Gasteiger partial charge in [0.05, 0.1) is 12.0 Å². The van der Waals surface area contributed by atoms with Crippen molar-refractivity contribution in [2.45, 2.75) is 52.9 Å². The van der Waals surface area contributed by atoms with Crippen LogP contribution in [0.2, 0.25) is 0 Å². The molecular formula is C16H32N3O2+. The molecular weight excluding hydrogens is 266 g/mol. The molecule has 0 saturated carbocycles. The average molecular weight is 298 g/mol. The van der Waals surface area contributed by atoms with E-state index in [1.807, 2.05) is 0 Å². The van der Waals surface area contributed by atoms with Gasteiger partial charge in [-0.3, -0.25) is 9.48 Å². The number of carboxylic acids is 1. The standard InChI is InChI=1S/C16H31N3O2/c1-4-6-8-16(3,7-5-2)15-18(10-9-17)11-12-19(15)13-14(20)21/h4-13,17H2,1-3H3/p+1. The normalized spacial score (nSPS) is 18.2. The molecule has 1 aliphatic rings. The first-order chi connectivity index (χ1) is 9.98. The number of aliphatic carboxylic acids is 1. The lowest BCUT2D eigenvalue weighted by atomic mass is 9.79. The Morgan fingerprint density at radius 1 is 1.38 bits per heavy atom. The second-order valence-electron chi connectivity index (χ2n) is 6.33. The number of rotatable bonds is 10. The third-order valence-corrected chi connectivity index (χ3v) is 4.39. The molecule has 1 aliphatic heterocycles. The molecule has 0 saturated heterocycles. The number of amidine groups is 1. The number of nitrogens with zero attached hydrogens (tertiary/aromatic N) is 2. The van der Waals surface area contributed by atoms with Crippen LogP contribution in [0.25, 0.3) is 0 Å². The molecule has 3 N–H and O–H groups in total. The summed E-state index contributed by atoms with van der Waals surface area (Å²) in [5, 5.41) is 9.18. The van der Waals surface area contributed by atoms with Crippen molar-refractivity contribution < 1.29 is 14.5 Å². The maximum Gasteiger partial charge on any atom is 0.345 e. The van der Waals surface area contributed by atoms with Gasteiger partial charge in [-0.15, -0.1) is 0 Å². The molecule has 0 aromatic rings. The minimum absolute atomic E-state index is 0.0614. The molecule has 1 rings (SSSR count). The minimum atomic E-state index is -0.753. The van der Waals surface area contributed by atoms with Crippen LogP contribution < -0.4 is 5.73 Å². The van der Waals surface area contributed by atoms with Gasteiger partial charge in [0.1, 0.15) is 13.1 Å². The second-order valence-corrected chi connectivity index (χ2v) is 6.33. The summed E-state index contributed by atoms with van der Waals surface area (Å²) in [4.78, 5) is 13.5. The first-order valence-electron chi connectivity index (χ1n) is 8.27. The number of carbonyl (C=O) groups is 1. The Labute approximate surface area is 128 Å². The second kappa shape index (κ2) is 8.37. The number of hydrogen-bond acceptors (Lipinski definition) is 3. The fourth-order valence-electron chi connectivity index (χ4n) is 3.57. The fraction of sp³-hybridized carbons (Fsp3) is 0.875. The molecule has 0 radical (unpaired) electrons. The van der Waals surface area contributed by atoms with Gasteiger partial charge in [0, 0.05) is 6.54 Å². The minimum Gasteiger partial charge on any atom is -0.478 e. The molecule has 1 atom stereocenters. The summed E-state index contributed by atoms with van der Waals surface area (Å²) in [6.07, 6.45) is 5.67. The van der Waals surface area contributed by atoms with Crippen molar-refractivity contribution in [2.75, 3.05) is 32.7 Å². The first kappa shape index (κ1) is 18.0. The van der Waals surface area contributed by atoms with Crippen molar-refractivity contribution in [3.8, 4) is 0 Å². The zero-order valence-electron chi connectivity index (χ0n) is 13.9. The van der Waals surface area contributed by atoms with E-state index >= 15 is 0 Å². The van der Waals surface area contributed by atoms with Crippen LogP contribution in [0.15, 0.2) is 0 Å². The Morgan fingerprint density at radius 2 is 2.10 bits per heavy atom. The van der Waals surface area contributed by atoms with Crippen molar-refractivity contribution in [1.82, 2.24) is 4.90 Å². The summed E-state index contributed by atoms with van der Waals surface area (Å²) < 4.78 is 2.06. The molecule has 1 unspecified atom stereocenters. The predicted octanol–water partition coefficient (Wildman–Crippen LogP) is 1.75. The van der Waals surface area contributed by atoms with Crippen LogP contribution in [0.5, 0.6) is 0 Å². The summed E-state index contributed by atoms with van der Waals surface area (Å²) in [7, 11) is 0. The van der Waals surface area contributed by atoms with Crippen molar-refractivity contribution in [2.24, 2.45) is 11.1 Å². The summed E-state index contributed by atoms with van der Waals surface area (Å²) >= 11 is 0. The van der Waals surface area contributed by atoms with E-state index in [9.17, 15) is 9.90 Å². The van der Waals surface area contributed by atoms with E-state index < -0.39 is 5.97 Å². The molecule has 0 aromatic carbocycles. The Hall–Kier alpha value is -1.10. The molecule has 5 heteroatoms. The molecule has 1 heterocycles. The van der Waals surface area contributed by atoms with E-state index in [0.717, 1.165) is 38.9 Å². The Balaban J connectivity index is 3.12. The molecule has 21 heavy (non-hydrogen) atoms. The van der Waals surface area contributed by atoms with Gasteiger partial charge in [0.25, 0.3) is 5.84 Å². The lowest BCUT2D eigenvalue weighted by molar-refractivity contribution is -0.512. The average Bonchev–Trinajstić information content (AvgIpc) is 2.80. The number of unbranched alkanes of at least 4 members (excludes halogenated alkanes) is 1. The topological polar surface area (TPSA) is 69.6 Å². The Bertz CT molecular complexity index is 382. The van der Waals surface area contributed by atoms with Gasteiger partial charge >= 0.3 is 5.97 Å². The zero-order chi connectivity index (χ0) is 15.9. The molecule has 0 aliphatic carbocycles. The van der Waals surface area contributed by atoms with E-state index in [1.54, 1.807) is 0 Å². The summed E-state index contributed by atoms with van der Waals surface area (Å²) in [6.45, 7) is 9.93. The van der Waals surface area contributed by atoms with Crippen LogP contribution >= 0.6 is 0 Å². The molecule has 0 fully saturated rings. The van der Waals surface area contributed by atoms with Gasteiger partial charge in [0.15, 0.2) is 6.54 Å². The van der Waals surface area contributed by atoms with Gasteiger partial charge in [-0.05, 0) is 19.8 Å². The number of hydrogen-bond donors (Lipinski definition) is 2. The van der Waals surface area contributed by atoms with E-state index in [4.69, 9.17) is 5.73 Å². The van der Waals surface area contributed by atoms with Crippen LogP contribution in [0, 0.1) is 5.41 Å². The third kappa shape index (κ3) is 4.70. The number of carboxylic acid groups (broad SMARTS) is 1. The summed E-state index contributed by atoms with van der Waals surface area (Å²) in [5.74, 6) is 0.460. The zero-order valence-corrected chi connectivity index (χ0v) is 13.9. The van der Waals surface area contributed by atoms with Gasteiger partial charge in [-0.2, -0.15) is 0 Å². The fourth-order valence-corrected chi connectivity index (χ4v) is 3.57. The van der Waals surface area contributed by atoms with Crippen LogP contribution in [0.1, 0.15) is 52.9 Å². The van der Waals surface area contributed by atoms with E-state index in [2.05, 4.69) is 30.2 Å². The SMILES string of the molecule is CCCCC(C)(CCC)C1=[N+](CC(=O)O)CCN1CCN. The van der Waals surface area contributed by atoms with Gasteiger partial charge in [-0.1, -0.05) is 33.1 Å².